The maximum Gasteiger partial charge on any atom is 0.306 e. The molecule has 2 fully saturated rings. The van der Waals surface area contributed by atoms with Crippen molar-refractivity contribution in [1.29, 1.82) is 0 Å². The summed E-state index contributed by atoms with van der Waals surface area (Å²) >= 11 is 0. The van der Waals surface area contributed by atoms with Crippen LogP contribution in [0.4, 0.5) is 0 Å². The van der Waals surface area contributed by atoms with E-state index in [1.54, 1.807) is 0 Å². The van der Waals surface area contributed by atoms with Gasteiger partial charge in [0.15, 0.2) is 12.6 Å². The second-order valence-electron chi connectivity index (χ2n) is 19.6. The highest BCUT2D eigenvalue weighted by molar-refractivity contribution is 5.70. The molecule has 10 nitrogen and oxygen atoms in total. The number of esters is 2. The van der Waals surface area contributed by atoms with Gasteiger partial charge in [-0.3, -0.25) is 9.59 Å². The predicted molar refractivity (Wildman–Crippen MR) is 213 cm³/mol. The molecule has 0 bridgehead atoms. The van der Waals surface area contributed by atoms with Crippen LogP contribution in [0.25, 0.3) is 0 Å². The molecule has 0 aromatic heterocycles. The molecule has 4 rings (SSSR count). The van der Waals surface area contributed by atoms with Crippen molar-refractivity contribution < 1.29 is 48.2 Å². The summed E-state index contributed by atoms with van der Waals surface area (Å²) in [6, 6.07) is 3.91. The molecule has 0 unspecified atom stereocenters. The number of benzene rings is 2. The summed E-state index contributed by atoms with van der Waals surface area (Å²) in [5.41, 5.74) is 5.39. The molecule has 0 saturated carbocycles. The smallest absolute Gasteiger partial charge is 0.306 e. The maximum atomic E-state index is 12.9. The molecule has 0 radical (unpaired) electrons. The lowest BCUT2D eigenvalue weighted by molar-refractivity contribution is -0.337. The summed E-state index contributed by atoms with van der Waals surface area (Å²) in [6.45, 7) is 29.8. The summed E-state index contributed by atoms with van der Waals surface area (Å²) in [6.07, 6.45) is 0.336. The molecule has 2 saturated heterocycles. The summed E-state index contributed by atoms with van der Waals surface area (Å²) in [5, 5.41) is 21.4. The van der Waals surface area contributed by atoms with Gasteiger partial charge in [0.25, 0.3) is 0 Å². The van der Waals surface area contributed by atoms with Crippen LogP contribution in [0.15, 0.2) is 12.1 Å². The van der Waals surface area contributed by atoms with Gasteiger partial charge in [-0.05, 0) is 84.7 Å². The first-order chi connectivity index (χ1) is 25.3. The maximum absolute atomic E-state index is 12.9. The van der Waals surface area contributed by atoms with Crippen LogP contribution < -0.4 is 0 Å². The van der Waals surface area contributed by atoms with E-state index < -0.39 is 28.8 Å². The number of phenols is 2. The van der Waals surface area contributed by atoms with E-state index in [1.165, 1.54) is 0 Å². The third-order valence-electron chi connectivity index (χ3n) is 11.1. The molecule has 10 heteroatoms. The Kier molecular flexibility index (Phi) is 13.5. The van der Waals surface area contributed by atoms with Crippen molar-refractivity contribution in [3.63, 3.8) is 0 Å². The van der Waals surface area contributed by atoms with E-state index in [0.717, 1.165) is 44.5 Å². The van der Waals surface area contributed by atoms with Gasteiger partial charge < -0.3 is 38.6 Å². The predicted octanol–water partition coefficient (Wildman–Crippen LogP) is 8.36. The Morgan fingerprint density at radius 3 is 1.22 bits per heavy atom. The molecule has 2 aromatic carbocycles. The molecule has 0 amide bonds. The zero-order valence-corrected chi connectivity index (χ0v) is 36.0. The van der Waals surface area contributed by atoms with E-state index in [9.17, 15) is 19.8 Å². The number of hydrogen-bond acceptors (Lipinski definition) is 10. The highest BCUT2D eigenvalue weighted by Gasteiger charge is 2.48. The minimum Gasteiger partial charge on any atom is -0.507 e. The highest BCUT2D eigenvalue weighted by Crippen LogP contribution is 2.41. The molecule has 0 aliphatic carbocycles. The Morgan fingerprint density at radius 1 is 0.618 bits per heavy atom. The van der Waals surface area contributed by atoms with Gasteiger partial charge in [0, 0.05) is 34.8 Å². The fourth-order valence-electron chi connectivity index (χ4n) is 7.85. The van der Waals surface area contributed by atoms with Crippen molar-refractivity contribution in [2.45, 2.75) is 146 Å². The molecule has 2 heterocycles. The van der Waals surface area contributed by atoms with E-state index >= 15 is 0 Å². The summed E-state index contributed by atoms with van der Waals surface area (Å²) < 4.78 is 36.3. The summed E-state index contributed by atoms with van der Waals surface area (Å²) in [7, 11) is 0. The van der Waals surface area contributed by atoms with Crippen LogP contribution in [-0.2, 0) is 61.7 Å². The first-order valence-electron chi connectivity index (χ1n) is 19.7. The van der Waals surface area contributed by atoms with Crippen LogP contribution in [-0.4, -0.2) is 74.4 Å². The fraction of sp³-hybridized carbons (Fsp3) is 0.689. The average molecular weight is 769 g/mol. The zero-order valence-electron chi connectivity index (χ0n) is 36.0. The number of ether oxygens (including phenoxy) is 6. The minimum atomic E-state index is -0.596. The van der Waals surface area contributed by atoms with Crippen molar-refractivity contribution in [1.82, 2.24) is 0 Å². The number of carbonyl (C=O) groups excluding carboxylic acids is 2. The summed E-state index contributed by atoms with van der Waals surface area (Å²) in [5.74, 6) is 0.0429. The normalized spacial score (nSPS) is 21.1. The molecule has 308 valence electrons. The van der Waals surface area contributed by atoms with Gasteiger partial charge in [0.2, 0.25) is 0 Å². The molecule has 2 aliphatic heterocycles. The Morgan fingerprint density at radius 2 is 0.927 bits per heavy atom. The fourth-order valence-corrected chi connectivity index (χ4v) is 7.85. The Balaban J connectivity index is 1.21. The molecule has 2 N–H and O–H groups in total. The number of carbonyl (C=O) groups is 2. The number of aromatic hydroxyl groups is 2. The van der Waals surface area contributed by atoms with Crippen molar-refractivity contribution in [3.8, 4) is 11.5 Å². The first kappa shape index (κ1) is 44.5. The van der Waals surface area contributed by atoms with Crippen LogP contribution >= 0.6 is 0 Å². The second-order valence-corrected chi connectivity index (χ2v) is 19.6. The van der Waals surface area contributed by atoms with Gasteiger partial charge in [-0.1, -0.05) is 81.4 Å². The SMILES string of the molecule is Cc1cc(CCC(=O)OCC(C)(C)C2OCC3(CO2)COC(C(C)(C)COC(=O)CCc2cc(C)c(O)c(C(C)(C)C)c2C)OC3)c(C)c(C(C)(C)C)c1O. The molecule has 1 spiro atoms. The average Bonchev–Trinajstić information content (AvgIpc) is 3.08. The van der Waals surface area contributed by atoms with Crippen molar-refractivity contribution in [2.75, 3.05) is 39.6 Å². The van der Waals surface area contributed by atoms with E-state index in [2.05, 4.69) is 41.5 Å². The lowest BCUT2D eigenvalue weighted by atomic mass is 9.80. The van der Waals surface area contributed by atoms with Crippen molar-refractivity contribution >= 4 is 11.9 Å². The van der Waals surface area contributed by atoms with Crippen LogP contribution in [0.5, 0.6) is 11.5 Å². The van der Waals surface area contributed by atoms with Crippen molar-refractivity contribution in [2.24, 2.45) is 16.2 Å². The third-order valence-corrected chi connectivity index (χ3v) is 11.1. The largest absolute Gasteiger partial charge is 0.507 e. The highest BCUT2D eigenvalue weighted by atomic mass is 16.7. The summed E-state index contributed by atoms with van der Waals surface area (Å²) in [4.78, 5) is 25.7. The third kappa shape index (κ3) is 10.6. The number of rotatable bonds is 12. The number of hydrogen-bond donors (Lipinski definition) is 2. The van der Waals surface area contributed by atoms with Crippen LogP contribution in [0.2, 0.25) is 0 Å². The molecule has 2 aliphatic rings. The Hall–Kier alpha value is -3.18. The minimum absolute atomic E-state index is 0.137. The van der Waals surface area contributed by atoms with Gasteiger partial charge in [0.05, 0.1) is 31.8 Å². The molecular formula is C45H68O10. The van der Waals surface area contributed by atoms with E-state index in [1.807, 2.05) is 67.5 Å². The van der Waals surface area contributed by atoms with E-state index in [0.29, 0.717) is 50.8 Å². The van der Waals surface area contributed by atoms with Gasteiger partial charge in [-0.15, -0.1) is 0 Å². The van der Waals surface area contributed by atoms with Crippen LogP contribution in [0, 0.1) is 43.9 Å². The van der Waals surface area contributed by atoms with Gasteiger partial charge in [0.1, 0.15) is 24.7 Å². The van der Waals surface area contributed by atoms with Gasteiger partial charge in [-0.2, -0.15) is 0 Å². The molecule has 0 atom stereocenters. The number of phenolic OH excluding ortho intramolecular Hbond substituents is 2. The second kappa shape index (κ2) is 16.7. The Labute approximate surface area is 329 Å². The van der Waals surface area contributed by atoms with E-state index in [-0.39, 0.29) is 48.8 Å². The Bertz CT molecular complexity index is 1560. The van der Waals surface area contributed by atoms with E-state index in [4.69, 9.17) is 28.4 Å². The monoisotopic (exact) mass is 768 g/mol. The lowest BCUT2D eigenvalue weighted by Gasteiger charge is -2.48. The zero-order chi connectivity index (χ0) is 41.3. The lowest BCUT2D eigenvalue weighted by Crippen LogP contribution is -2.57. The molecule has 2 aromatic rings. The van der Waals surface area contributed by atoms with Gasteiger partial charge in [-0.25, -0.2) is 0 Å². The van der Waals surface area contributed by atoms with Gasteiger partial charge >= 0.3 is 11.9 Å². The first-order valence-corrected chi connectivity index (χ1v) is 19.7. The standard InChI is InChI=1S/C45H68O10/c1-27-19-31(29(3)35(37(27)48)41(5,6)7)15-17-33(46)50-21-43(11,12)39-52-23-45(24-53-39)25-54-40(55-26-45)44(13,14)22-51-34(47)18-16-32-20-28(2)38(49)36(30(32)4)42(8,9)10/h19-20,39-40,48-49H,15-18,21-26H2,1-14H3. The quantitative estimate of drug-likeness (QED) is 0.203. The number of aryl methyl sites for hydroxylation is 4. The topological polar surface area (TPSA) is 130 Å². The molecule has 55 heavy (non-hydrogen) atoms. The van der Waals surface area contributed by atoms with Crippen LogP contribution in [0.1, 0.15) is 127 Å². The van der Waals surface area contributed by atoms with Crippen LogP contribution in [0.3, 0.4) is 0 Å². The molecular weight excluding hydrogens is 700 g/mol. The van der Waals surface area contributed by atoms with Crippen molar-refractivity contribution in [3.05, 3.63) is 56.6 Å².